The van der Waals surface area contributed by atoms with Crippen LogP contribution in [0.5, 0.6) is 0 Å². The predicted octanol–water partition coefficient (Wildman–Crippen LogP) is 2.52. The van der Waals surface area contributed by atoms with Gasteiger partial charge in [-0.1, -0.05) is 25.3 Å². The van der Waals surface area contributed by atoms with Crippen molar-refractivity contribution in [3.63, 3.8) is 0 Å². The van der Waals surface area contributed by atoms with Gasteiger partial charge in [-0.3, -0.25) is 14.6 Å². The summed E-state index contributed by atoms with van der Waals surface area (Å²) in [5.41, 5.74) is 0.837. The first-order chi connectivity index (χ1) is 11.1. The first-order valence-electron chi connectivity index (χ1n) is 8.50. The molecule has 5 heteroatoms. The van der Waals surface area contributed by atoms with Crippen LogP contribution in [-0.4, -0.2) is 34.8 Å². The number of aromatic nitrogens is 1. The Labute approximate surface area is 138 Å². The molecule has 2 amide bonds. The van der Waals surface area contributed by atoms with Crippen LogP contribution in [0.2, 0.25) is 0 Å². The highest BCUT2D eigenvalue weighted by Gasteiger charge is 2.22. The van der Waals surface area contributed by atoms with Crippen LogP contribution in [-0.2, 0) is 16.1 Å². The standard InChI is InChI=1S/C18H27N3O2/c1-14(20-17(22)12-15-8-4-3-5-9-15)18(23)21(2)13-16-10-6-7-11-19-16/h6-7,10-11,14-15H,3-5,8-9,12-13H2,1-2H3,(H,20,22). The highest BCUT2D eigenvalue weighted by Crippen LogP contribution is 2.26. The summed E-state index contributed by atoms with van der Waals surface area (Å²) < 4.78 is 0. The van der Waals surface area contributed by atoms with Gasteiger partial charge in [0, 0.05) is 19.7 Å². The average Bonchev–Trinajstić information content (AvgIpc) is 2.55. The summed E-state index contributed by atoms with van der Waals surface area (Å²) in [6, 6.07) is 5.13. The maximum atomic E-state index is 12.4. The number of rotatable bonds is 6. The minimum Gasteiger partial charge on any atom is -0.345 e. The third-order valence-electron chi connectivity index (χ3n) is 4.45. The average molecular weight is 317 g/mol. The molecule has 5 nitrogen and oxygen atoms in total. The van der Waals surface area contributed by atoms with Gasteiger partial charge in [-0.15, -0.1) is 0 Å². The van der Waals surface area contributed by atoms with E-state index in [9.17, 15) is 9.59 Å². The zero-order chi connectivity index (χ0) is 16.7. The van der Waals surface area contributed by atoms with Crippen LogP contribution in [0.1, 0.15) is 51.1 Å². The zero-order valence-corrected chi connectivity index (χ0v) is 14.1. The van der Waals surface area contributed by atoms with Crippen molar-refractivity contribution in [1.82, 2.24) is 15.2 Å². The normalized spacial score (nSPS) is 16.6. The van der Waals surface area contributed by atoms with E-state index in [1.165, 1.54) is 19.3 Å². The lowest BCUT2D eigenvalue weighted by Crippen LogP contribution is -2.45. The molecule has 1 atom stereocenters. The van der Waals surface area contributed by atoms with Crippen molar-refractivity contribution in [2.24, 2.45) is 5.92 Å². The summed E-state index contributed by atoms with van der Waals surface area (Å²) in [6.07, 6.45) is 8.25. The fourth-order valence-electron chi connectivity index (χ4n) is 3.16. The van der Waals surface area contributed by atoms with Gasteiger partial charge in [0.25, 0.3) is 0 Å². The SMILES string of the molecule is CC(NC(=O)CC1CCCCC1)C(=O)N(C)Cc1ccccn1. The number of nitrogens with one attached hydrogen (secondary N) is 1. The second-order valence-electron chi connectivity index (χ2n) is 6.51. The molecule has 0 aliphatic heterocycles. The summed E-state index contributed by atoms with van der Waals surface area (Å²) >= 11 is 0. The fraction of sp³-hybridized carbons (Fsp3) is 0.611. The lowest BCUT2D eigenvalue weighted by atomic mass is 9.87. The fourth-order valence-corrected chi connectivity index (χ4v) is 3.16. The number of carbonyl (C=O) groups excluding carboxylic acids is 2. The Bertz CT molecular complexity index is 512. The largest absolute Gasteiger partial charge is 0.345 e. The van der Waals surface area contributed by atoms with E-state index in [-0.39, 0.29) is 11.8 Å². The van der Waals surface area contributed by atoms with Gasteiger partial charge < -0.3 is 10.2 Å². The molecule has 126 valence electrons. The molecule has 1 aliphatic rings. The Morgan fingerprint density at radius 3 is 2.70 bits per heavy atom. The number of amides is 2. The molecule has 1 fully saturated rings. The van der Waals surface area contributed by atoms with E-state index in [1.54, 1.807) is 25.1 Å². The molecule has 1 aromatic heterocycles. The molecule has 0 saturated heterocycles. The van der Waals surface area contributed by atoms with E-state index in [4.69, 9.17) is 0 Å². The molecule has 23 heavy (non-hydrogen) atoms. The number of hydrogen-bond donors (Lipinski definition) is 1. The molecule has 1 aromatic rings. The van der Waals surface area contributed by atoms with Crippen molar-refractivity contribution >= 4 is 11.8 Å². The van der Waals surface area contributed by atoms with Crippen molar-refractivity contribution in [3.8, 4) is 0 Å². The molecule has 0 radical (unpaired) electrons. The molecular formula is C18H27N3O2. The maximum absolute atomic E-state index is 12.4. The molecule has 1 N–H and O–H groups in total. The summed E-state index contributed by atoms with van der Waals surface area (Å²) in [5, 5.41) is 2.84. The van der Waals surface area contributed by atoms with Crippen LogP contribution in [0.15, 0.2) is 24.4 Å². The van der Waals surface area contributed by atoms with E-state index in [0.717, 1.165) is 18.5 Å². The third-order valence-corrected chi connectivity index (χ3v) is 4.45. The minimum atomic E-state index is -0.500. The van der Waals surface area contributed by atoms with Gasteiger partial charge in [-0.05, 0) is 37.8 Å². The molecule has 1 unspecified atom stereocenters. The minimum absolute atomic E-state index is 0.0102. The van der Waals surface area contributed by atoms with Gasteiger partial charge >= 0.3 is 0 Å². The quantitative estimate of drug-likeness (QED) is 0.877. The van der Waals surface area contributed by atoms with Crippen molar-refractivity contribution in [3.05, 3.63) is 30.1 Å². The summed E-state index contributed by atoms with van der Waals surface area (Å²) in [4.78, 5) is 30.3. The Hall–Kier alpha value is -1.91. The lowest BCUT2D eigenvalue weighted by Gasteiger charge is -2.24. The second kappa shape index (κ2) is 8.65. The lowest BCUT2D eigenvalue weighted by molar-refractivity contribution is -0.135. The monoisotopic (exact) mass is 317 g/mol. The van der Waals surface area contributed by atoms with Crippen molar-refractivity contribution < 1.29 is 9.59 Å². The topological polar surface area (TPSA) is 62.3 Å². The van der Waals surface area contributed by atoms with Crippen molar-refractivity contribution in [1.29, 1.82) is 0 Å². The molecule has 2 rings (SSSR count). The first kappa shape index (κ1) is 17.4. The molecule has 0 aromatic carbocycles. The van der Waals surface area contributed by atoms with Gasteiger partial charge in [0.2, 0.25) is 11.8 Å². The molecular weight excluding hydrogens is 290 g/mol. The molecule has 0 bridgehead atoms. The van der Waals surface area contributed by atoms with Crippen LogP contribution < -0.4 is 5.32 Å². The van der Waals surface area contributed by atoms with E-state index >= 15 is 0 Å². The van der Waals surface area contributed by atoms with Crippen LogP contribution in [0.25, 0.3) is 0 Å². The van der Waals surface area contributed by atoms with Crippen LogP contribution >= 0.6 is 0 Å². The van der Waals surface area contributed by atoms with Gasteiger partial charge in [0.1, 0.15) is 6.04 Å². The van der Waals surface area contributed by atoms with Gasteiger partial charge in [0.05, 0.1) is 12.2 Å². The van der Waals surface area contributed by atoms with Crippen molar-refractivity contribution in [2.45, 2.75) is 58.0 Å². The smallest absolute Gasteiger partial charge is 0.244 e. The number of pyridine rings is 1. The molecule has 1 aliphatic carbocycles. The Morgan fingerprint density at radius 1 is 1.30 bits per heavy atom. The van der Waals surface area contributed by atoms with Crippen LogP contribution in [0.4, 0.5) is 0 Å². The van der Waals surface area contributed by atoms with E-state index in [2.05, 4.69) is 10.3 Å². The number of nitrogens with zero attached hydrogens (tertiary/aromatic N) is 2. The van der Waals surface area contributed by atoms with E-state index < -0.39 is 6.04 Å². The highest BCUT2D eigenvalue weighted by atomic mass is 16.2. The first-order valence-corrected chi connectivity index (χ1v) is 8.50. The number of hydrogen-bond acceptors (Lipinski definition) is 3. The second-order valence-corrected chi connectivity index (χ2v) is 6.51. The Morgan fingerprint density at radius 2 is 2.04 bits per heavy atom. The molecule has 0 spiro atoms. The van der Waals surface area contributed by atoms with Gasteiger partial charge in [-0.25, -0.2) is 0 Å². The molecule has 1 heterocycles. The zero-order valence-electron chi connectivity index (χ0n) is 14.1. The van der Waals surface area contributed by atoms with Gasteiger partial charge in [-0.2, -0.15) is 0 Å². The van der Waals surface area contributed by atoms with E-state index in [0.29, 0.717) is 18.9 Å². The van der Waals surface area contributed by atoms with Crippen molar-refractivity contribution in [2.75, 3.05) is 7.05 Å². The Balaban J connectivity index is 1.78. The predicted molar refractivity (Wildman–Crippen MR) is 89.5 cm³/mol. The highest BCUT2D eigenvalue weighted by molar-refractivity contribution is 5.87. The summed E-state index contributed by atoms with van der Waals surface area (Å²) in [7, 11) is 1.74. The number of carbonyl (C=O) groups is 2. The van der Waals surface area contributed by atoms with Crippen LogP contribution in [0.3, 0.4) is 0 Å². The number of likely N-dealkylation sites (N-methyl/N-ethyl adjacent to an activating group) is 1. The Kier molecular flexibility index (Phi) is 6.56. The van der Waals surface area contributed by atoms with Crippen LogP contribution in [0, 0.1) is 5.92 Å². The molecule has 1 saturated carbocycles. The van der Waals surface area contributed by atoms with E-state index in [1.807, 2.05) is 18.2 Å². The third kappa shape index (κ3) is 5.66. The van der Waals surface area contributed by atoms with Gasteiger partial charge in [0.15, 0.2) is 0 Å². The summed E-state index contributed by atoms with van der Waals surface area (Å²) in [5.74, 6) is 0.383. The maximum Gasteiger partial charge on any atom is 0.244 e. The summed E-state index contributed by atoms with van der Waals surface area (Å²) in [6.45, 7) is 2.19.